The minimum absolute atomic E-state index is 0.0244. The maximum atomic E-state index is 13.2. The highest BCUT2D eigenvalue weighted by Gasteiger charge is 2.26. The van der Waals surface area contributed by atoms with Crippen molar-refractivity contribution in [3.63, 3.8) is 0 Å². The average molecular weight is 525 g/mol. The summed E-state index contributed by atoms with van der Waals surface area (Å²) in [4.78, 5) is 15.8. The fourth-order valence-electron chi connectivity index (χ4n) is 3.55. The molecule has 1 N–H and O–H groups in total. The Kier molecular flexibility index (Phi) is 7.97. The molecule has 0 saturated carbocycles. The Hall–Kier alpha value is -2.89. The van der Waals surface area contributed by atoms with Gasteiger partial charge in [-0.2, -0.15) is 0 Å². The van der Waals surface area contributed by atoms with Crippen molar-refractivity contribution in [2.24, 2.45) is 5.92 Å². The zero-order chi connectivity index (χ0) is 23.0. The van der Waals surface area contributed by atoms with Crippen molar-refractivity contribution < 1.29 is 9.18 Å². The maximum absolute atomic E-state index is 13.2. The molecule has 1 aliphatic rings. The largest absolute Gasteiger partial charge is 0.354 e. The summed E-state index contributed by atoms with van der Waals surface area (Å²) < 4.78 is 14.2. The highest BCUT2D eigenvalue weighted by atomic mass is 79.9. The molecule has 0 spiro atoms. The van der Waals surface area contributed by atoms with Crippen molar-refractivity contribution in [2.75, 3.05) is 24.5 Å². The van der Waals surface area contributed by atoms with Gasteiger partial charge in [-0.05, 0) is 67.4 Å². The Labute approximate surface area is 205 Å². The number of piperidine rings is 1. The lowest BCUT2D eigenvalue weighted by Gasteiger charge is -2.32. The van der Waals surface area contributed by atoms with Crippen LogP contribution in [0.2, 0.25) is 0 Å². The van der Waals surface area contributed by atoms with Crippen LogP contribution < -0.4 is 10.2 Å². The van der Waals surface area contributed by atoms with E-state index >= 15 is 0 Å². The van der Waals surface area contributed by atoms with E-state index in [1.165, 1.54) is 12.1 Å². The van der Waals surface area contributed by atoms with Gasteiger partial charge in [0.15, 0.2) is 5.82 Å². The number of anilines is 1. The van der Waals surface area contributed by atoms with Crippen LogP contribution in [-0.2, 0) is 4.79 Å². The Bertz CT molecular complexity index is 1160. The summed E-state index contributed by atoms with van der Waals surface area (Å²) in [6, 6.07) is 18.1. The van der Waals surface area contributed by atoms with Gasteiger partial charge in [-0.3, -0.25) is 4.79 Å². The average Bonchev–Trinajstić information content (AvgIpc) is 2.84. The summed E-state index contributed by atoms with van der Waals surface area (Å²) in [6.07, 6.45) is 1.73. The zero-order valence-corrected chi connectivity index (χ0v) is 20.2. The quantitative estimate of drug-likeness (QED) is 0.480. The SMILES string of the molecule is O=C(NCC#Cc1cccc(F)c1)C1CCCN(c2ccc(Sc3ccc(Br)cc3)nn2)C1. The fourth-order valence-corrected chi connectivity index (χ4v) is 4.54. The van der Waals surface area contributed by atoms with Gasteiger partial charge in [0, 0.05) is 28.0 Å². The Morgan fingerprint density at radius 2 is 2.03 bits per heavy atom. The van der Waals surface area contributed by atoms with E-state index in [1.807, 2.05) is 36.4 Å². The van der Waals surface area contributed by atoms with Crippen LogP contribution in [0.1, 0.15) is 18.4 Å². The van der Waals surface area contributed by atoms with Crippen LogP contribution in [0, 0.1) is 23.6 Å². The molecule has 2 heterocycles. The van der Waals surface area contributed by atoms with Crippen molar-refractivity contribution >= 4 is 39.4 Å². The van der Waals surface area contributed by atoms with E-state index in [9.17, 15) is 9.18 Å². The molecule has 1 fully saturated rings. The van der Waals surface area contributed by atoms with Gasteiger partial charge in [0.1, 0.15) is 10.8 Å². The first-order chi connectivity index (χ1) is 16.1. The van der Waals surface area contributed by atoms with Crippen molar-refractivity contribution in [2.45, 2.75) is 22.8 Å². The van der Waals surface area contributed by atoms with Crippen molar-refractivity contribution in [1.82, 2.24) is 15.5 Å². The first kappa shape index (κ1) is 23.3. The molecule has 1 aromatic heterocycles. The van der Waals surface area contributed by atoms with Crippen molar-refractivity contribution in [1.29, 1.82) is 0 Å². The number of aromatic nitrogens is 2. The third-order valence-corrected chi connectivity index (χ3v) is 6.65. The van der Waals surface area contributed by atoms with Gasteiger partial charge in [0.2, 0.25) is 5.91 Å². The minimum Gasteiger partial charge on any atom is -0.354 e. The van der Waals surface area contributed by atoms with E-state index in [1.54, 1.807) is 23.9 Å². The highest BCUT2D eigenvalue weighted by molar-refractivity contribution is 9.10. The molecule has 0 bridgehead atoms. The smallest absolute Gasteiger partial charge is 0.225 e. The Morgan fingerprint density at radius 1 is 1.18 bits per heavy atom. The van der Waals surface area contributed by atoms with Gasteiger partial charge >= 0.3 is 0 Å². The molecule has 0 aliphatic carbocycles. The van der Waals surface area contributed by atoms with Gasteiger partial charge in [-0.15, -0.1) is 10.2 Å². The molecule has 168 valence electrons. The lowest BCUT2D eigenvalue weighted by molar-refractivity contribution is -0.124. The molecular weight excluding hydrogens is 503 g/mol. The standard InChI is InChI=1S/C25H22BrFN4OS/c26-20-8-10-22(11-9-20)33-24-13-12-23(29-30-24)31-15-3-6-19(17-31)25(32)28-14-2-5-18-4-1-7-21(27)16-18/h1,4,7-13,16,19H,3,6,14-15,17H2,(H,28,32). The molecule has 1 saturated heterocycles. The van der Waals surface area contributed by atoms with E-state index in [2.05, 4.69) is 48.2 Å². The first-order valence-electron chi connectivity index (χ1n) is 10.6. The number of amides is 1. The molecule has 5 nitrogen and oxygen atoms in total. The second-order valence-corrected chi connectivity index (χ2v) is 9.61. The molecule has 1 amide bonds. The third kappa shape index (κ3) is 6.80. The number of rotatable bonds is 5. The molecule has 1 aliphatic heterocycles. The predicted molar refractivity (Wildman–Crippen MR) is 132 cm³/mol. The summed E-state index contributed by atoms with van der Waals surface area (Å²) in [7, 11) is 0. The molecule has 4 rings (SSSR count). The molecule has 0 radical (unpaired) electrons. The minimum atomic E-state index is -0.323. The Balaban J connectivity index is 1.29. The number of hydrogen-bond acceptors (Lipinski definition) is 5. The predicted octanol–water partition coefficient (Wildman–Crippen LogP) is 4.91. The molecule has 33 heavy (non-hydrogen) atoms. The fraction of sp³-hybridized carbons (Fsp3) is 0.240. The number of nitrogens with zero attached hydrogens (tertiary/aromatic N) is 3. The number of hydrogen-bond donors (Lipinski definition) is 1. The normalized spacial score (nSPS) is 15.5. The van der Waals surface area contributed by atoms with Gasteiger partial charge < -0.3 is 10.2 Å². The number of carbonyl (C=O) groups is 1. The first-order valence-corrected chi connectivity index (χ1v) is 12.2. The number of carbonyl (C=O) groups excluding carboxylic acids is 1. The van der Waals surface area contributed by atoms with Gasteiger partial charge in [0.05, 0.1) is 12.5 Å². The summed E-state index contributed by atoms with van der Waals surface area (Å²) in [6.45, 7) is 1.67. The van der Waals surface area contributed by atoms with Crippen LogP contribution in [0.25, 0.3) is 0 Å². The van der Waals surface area contributed by atoms with E-state index in [0.717, 1.165) is 39.6 Å². The summed E-state index contributed by atoms with van der Waals surface area (Å²) in [5.41, 5.74) is 0.591. The van der Waals surface area contributed by atoms with Gasteiger partial charge in [0.25, 0.3) is 0 Å². The van der Waals surface area contributed by atoms with Gasteiger partial charge in [-0.25, -0.2) is 4.39 Å². The van der Waals surface area contributed by atoms with E-state index in [0.29, 0.717) is 12.1 Å². The molecule has 1 unspecified atom stereocenters. The molecule has 2 aromatic carbocycles. The lowest BCUT2D eigenvalue weighted by atomic mass is 9.97. The van der Waals surface area contributed by atoms with Crippen LogP contribution in [0.4, 0.5) is 10.2 Å². The summed E-state index contributed by atoms with van der Waals surface area (Å²) in [5.74, 6) is 6.05. The van der Waals surface area contributed by atoms with Crippen LogP contribution in [-0.4, -0.2) is 35.7 Å². The van der Waals surface area contributed by atoms with E-state index in [-0.39, 0.29) is 24.2 Å². The second-order valence-electron chi connectivity index (χ2n) is 7.60. The monoisotopic (exact) mass is 524 g/mol. The topological polar surface area (TPSA) is 58.1 Å². The Morgan fingerprint density at radius 3 is 2.79 bits per heavy atom. The van der Waals surface area contributed by atoms with Crippen LogP contribution in [0.3, 0.4) is 0 Å². The van der Waals surface area contributed by atoms with Crippen molar-refractivity contribution in [3.8, 4) is 11.8 Å². The maximum Gasteiger partial charge on any atom is 0.225 e. The highest BCUT2D eigenvalue weighted by Crippen LogP contribution is 2.28. The molecular formula is C25H22BrFN4OS. The third-order valence-electron chi connectivity index (χ3n) is 5.19. The lowest BCUT2D eigenvalue weighted by Crippen LogP contribution is -2.43. The zero-order valence-electron chi connectivity index (χ0n) is 17.8. The van der Waals surface area contributed by atoms with Crippen LogP contribution in [0.5, 0.6) is 0 Å². The van der Waals surface area contributed by atoms with Crippen LogP contribution in [0.15, 0.2) is 75.1 Å². The number of halogens is 2. The number of nitrogens with one attached hydrogen (secondary N) is 1. The van der Waals surface area contributed by atoms with Crippen molar-refractivity contribution in [3.05, 3.63) is 76.5 Å². The molecule has 8 heteroatoms. The summed E-state index contributed by atoms with van der Waals surface area (Å²) in [5, 5.41) is 12.4. The van der Waals surface area contributed by atoms with Gasteiger partial charge in [-0.1, -0.05) is 45.6 Å². The van der Waals surface area contributed by atoms with E-state index in [4.69, 9.17) is 0 Å². The van der Waals surface area contributed by atoms with E-state index < -0.39 is 0 Å². The number of benzene rings is 2. The molecule has 3 aromatic rings. The second kappa shape index (κ2) is 11.3. The molecule has 1 atom stereocenters. The summed E-state index contributed by atoms with van der Waals surface area (Å²) >= 11 is 5.00. The van der Waals surface area contributed by atoms with Crippen LogP contribution >= 0.6 is 27.7 Å².